The van der Waals surface area contributed by atoms with E-state index in [0.29, 0.717) is 12.1 Å². The van der Waals surface area contributed by atoms with Crippen LogP contribution in [0.5, 0.6) is 0 Å². The van der Waals surface area contributed by atoms with Crippen molar-refractivity contribution >= 4 is 30.7 Å². The van der Waals surface area contributed by atoms with Crippen LogP contribution in [0.2, 0.25) is 0 Å². The van der Waals surface area contributed by atoms with Gasteiger partial charge >= 0.3 is 0 Å². The first kappa shape index (κ1) is 21.4. The molecule has 0 bridgehead atoms. The molecule has 1 atom stereocenters. The topological polar surface area (TPSA) is 64.2 Å². The number of pyridine rings is 1. The summed E-state index contributed by atoms with van der Waals surface area (Å²) in [7, 11) is 1.78. The van der Waals surface area contributed by atoms with Crippen LogP contribution in [-0.2, 0) is 0 Å². The smallest absolute Gasteiger partial charge is 0.255 e. The molecule has 5 nitrogen and oxygen atoms in total. The second-order valence-corrected chi connectivity index (χ2v) is 5.31. The Kier molecular flexibility index (Phi) is 8.31. The first-order valence-electron chi connectivity index (χ1n) is 7.05. The van der Waals surface area contributed by atoms with Crippen molar-refractivity contribution in [1.29, 1.82) is 0 Å². The molecule has 128 valence electrons. The number of nitrogens with zero attached hydrogens (tertiary/aromatic N) is 3. The third-order valence-electron chi connectivity index (χ3n) is 3.86. The number of likely N-dealkylation sites (N-methyl/N-ethyl adjacent to an activating group) is 1. The van der Waals surface area contributed by atoms with E-state index in [9.17, 15) is 4.79 Å². The van der Waals surface area contributed by atoms with E-state index in [-0.39, 0.29) is 36.8 Å². The summed E-state index contributed by atoms with van der Waals surface area (Å²) < 4.78 is 1.99. The molecule has 0 aromatic carbocycles. The third kappa shape index (κ3) is 4.25. The Morgan fingerprint density at radius 3 is 2.52 bits per heavy atom. The zero-order valence-electron chi connectivity index (χ0n) is 13.8. The molecule has 1 amide bonds. The highest BCUT2D eigenvalue weighted by Gasteiger charge is 2.22. The first-order chi connectivity index (χ1) is 9.97. The van der Waals surface area contributed by atoms with Gasteiger partial charge in [-0.1, -0.05) is 6.07 Å². The number of aryl methyl sites for hydroxylation is 1. The molecular weight excluding hydrogens is 335 g/mol. The second-order valence-electron chi connectivity index (χ2n) is 5.31. The average Bonchev–Trinajstić information content (AvgIpc) is 2.80. The summed E-state index contributed by atoms with van der Waals surface area (Å²) in [6.07, 6.45) is 1.75. The van der Waals surface area contributed by atoms with Crippen LogP contribution in [0.1, 0.15) is 28.7 Å². The summed E-state index contributed by atoms with van der Waals surface area (Å²) in [6, 6.07) is 7.66. The number of hydrogen-bond acceptors (Lipinski definition) is 3. The molecule has 0 radical (unpaired) electrons. The van der Waals surface area contributed by atoms with Gasteiger partial charge < -0.3 is 15.2 Å². The van der Waals surface area contributed by atoms with E-state index in [1.807, 2.05) is 49.6 Å². The highest BCUT2D eigenvalue weighted by atomic mass is 35.5. The molecule has 0 saturated carbocycles. The Bertz CT molecular complexity index is 643. The number of aromatic nitrogens is 2. The highest BCUT2D eigenvalue weighted by Crippen LogP contribution is 2.21. The van der Waals surface area contributed by atoms with Gasteiger partial charge in [-0.15, -0.1) is 24.8 Å². The molecule has 1 unspecified atom stereocenters. The van der Waals surface area contributed by atoms with E-state index in [2.05, 4.69) is 4.98 Å². The van der Waals surface area contributed by atoms with Crippen LogP contribution in [0.25, 0.3) is 5.82 Å². The number of hydrogen-bond donors (Lipinski definition) is 1. The van der Waals surface area contributed by atoms with Crippen LogP contribution in [0.3, 0.4) is 0 Å². The summed E-state index contributed by atoms with van der Waals surface area (Å²) >= 11 is 0. The Labute approximate surface area is 149 Å². The van der Waals surface area contributed by atoms with Crippen molar-refractivity contribution in [2.75, 3.05) is 13.6 Å². The molecule has 2 aromatic heterocycles. The number of nitrogens with two attached hydrogens (primary N) is 1. The molecule has 0 spiro atoms. The fourth-order valence-electron chi connectivity index (χ4n) is 2.37. The van der Waals surface area contributed by atoms with Gasteiger partial charge in [0.2, 0.25) is 0 Å². The molecule has 7 heteroatoms. The molecule has 2 rings (SSSR count). The van der Waals surface area contributed by atoms with Gasteiger partial charge in [0.1, 0.15) is 5.82 Å². The minimum Gasteiger partial charge on any atom is -0.338 e. The van der Waals surface area contributed by atoms with Crippen molar-refractivity contribution in [3.8, 4) is 5.82 Å². The third-order valence-corrected chi connectivity index (χ3v) is 3.86. The van der Waals surface area contributed by atoms with Crippen LogP contribution < -0.4 is 5.73 Å². The summed E-state index contributed by atoms with van der Waals surface area (Å²) in [5, 5.41) is 0. The fraction of sp³-hybridized carbons (Fsp3) is 0.375. The molecule has 0 saturated heterocycles. The van der Waals surface area contributed by atoms with Crippen LogP contribution in [0, 0.1) is 13.8 Å². The monoisotopic (exact) mass is 358 g/mol. The van der Waals surface area contributed by atoms with Gasteiger partial charge in [0, 0.05) is 37.2 Å². The summed E-state index contributed by atoms with van der Waals surface area (Å²) in [6.45, 7) is 6.30. The lowest BCUT2D eigenvalue weighted by molar-refractivity contribution is 0.0747. The lowest BCUT2D eigenvalue weighted by Crippen LogP contribution is -2.39. The van der Waals surface area contributed by atoms with E-state index < -0.39 is 0 Å². The molecular formula is C16H24Cl2N4O. The fourth-order valence-corrected chi connectivity index (χ4v) is 2.37. The number of halogens is 2. The first-order valence-corrected chi connectivity index (χ1v) is 7.05. The van der Waals surface area contributed by atoms with Crippen molar-refractivity contribution in [1.82, 2.24) is 14.5 Å². The molecule has 2 heterocycles. The van der Waals surface area contributed by atoms with Gasteiger partial charge in [0.15, 0.2) is 0 Å². The van der Waals surface area contributed by atoms with E-state index in [1.54, 1.807) is 18.1 Å². The Morgan fingerprint density at radius 1 is 1.35 bits per heavy atom. The van der Waals surface area contributed by atoms with Gasteiger partial charge in [-0.25, -0.2) is 4.98 Å². The lowest BCUT2D eigenvalue weighted by Gasteiger charge is -2.23. The Morgan fingerprint density at radius 2 is 2.00 bits per heavy atom. The van der Waals surface area contributed by atoms with E-state index in [1.165, 1.54) is 0 Å². The van der Waals surface area contributed by atoms with Crippen LogP contribution in [-0.4, -0.2) is 40.0 Å². The molecule has 2 aromatic rings. The van der Waals surface area contributed by atoms with Crippen molar-refractivity contribution in [2.24, 2.45) is 5.73 Å². The SMILES string of the molecule is Cc1cc(C(=O)N(C)C(C)CN)c(C)n1-c1ccccn1.Cl.Cl. The number of rotatable bonds is 4. The average molecular weight is 359 g/mol. The Hall–Kier alpha value is -1.56. The molecule has 0 aliphatic rings. The molecule has 2 N–H and O–H groups in total. The maximum Gasteiger partial charge on any atom is 0.255 e. The molecule has 0 aliphatic heterocycles. The van der Waals surface area contributed by atoms with E-state index >= 15 is 0 Å². The minimum atomic E-state index is -0.0109. The van der Waals surface area contributed by atoms with Gasteiger partial charge in [0.25, 0.3) is 5.91 Å². The maximum atomic E-state index is 12.6. The maximum absolute atomic E-state index is 12.6. The second kappa shape index (κ2) is 8.91. The van der Waals surface area contributed by atoms with Gasteiger partial charge in [-0.05, 0) is 39.0 Å². The van der Waals surface area contributed by atoms with Crippen molar-refractivity contribution in [3.63, 3.8) is 0 Å². The van der Waals surface area contributed by atoms with Crippen molar-refractivity contribution in [3.05, 3.63) is 47.4 Å². The number of amides is 1. The molecule has 23 heavy (non-hydrogen) atoms. The minimum absolute atomic E-state index is 0. The zero-order valence-corrected chi connectivity index (χ0v) is 15.4. The zero-order chi connectivity index (χ0) is 15.6. The summed E-state index contributed by atoms with van der Waals surface area (Å²) in [4.78, 5) is 18.6. The normalized spacial score (nSPS) is 11.2. The Balaban J connectivity index is 0.00000242. The van der Waals surface area contributed by atoms with Crippen LogP contribution in [0.15, 0.2) is 30.5 Å². The van der Waals surface area contributed by atoms with E-state index in [4.69, 9.17) is 5.73 Å². The highest BCUT2D eigenvalue weighted by molar-refractivity contribution is 5.96. The van der Waals surface area contributed by atoms with E-state index in [0.717, 1.165) is 17.2 Å². The van der Waals surface area contributed by atoms with Crippen molar-refractivity contribution < 1.29 is 4.79 Å². The summed E-state index contributed by atoms with van der Waals surface area (Å²) in [5.41, 5.74) is 8.22. The van der Waals surface area contributed by atoms with Crippen LogP contribution >= 0.6 is 24.8 Å². The summed E-state index contributed by atoms with van der Waals surface area (Å²) in [5.74, 6) is 0.810. The largest absolute Gasteiger partial charge is 0.338 e. The molecule has 0 fully saturated rings. The predicted octanol–water partition coefficient (Wildman–Crippen LogP) is 2.75. The van der Waals surface area contributed by atoms with Crippen molar-refractivity contribution in [2.45, 2.75) is 26.8 Å². The number of carbonyl (C=O) groups excluding carboxylic acids is 1. The lowest BCUT2D eigenvalue weighted by atomic mass is 10.2. The number of carbonyl (C=O) groups is 1. The standard InChI is InChI=1S/C16H22N4O.2ClH/c1-11-9-14(16(21)19(4)12(2)10-17)13(3)20(11)15-7-5-6-8-18-15;;/h5-9,12H,10,17H2,1-4H3;2*1H. The van der Waals surface area contributed by atoms with Crippen LogP contribution in [0.4, 0.5) is 0 Å². The van der Waals surface area contributed by atoms with Gasteiger partial charge in [0.05, 0.1) is 5.56 Å². The predicted molar refractivity (Wildman–Crippen MR) is 98.1 cm³/mol. The quantitative estimate of drug-likeness (QED) is 0.913. The van der Waals surface area contributed by atoms with Gasteiger partial charge in [-0.2, -0.15) is 0 Å². The molecule has 0 aliphatic carbocycles. The van der Waals surface area contributed by atoms with Gasteiger partial charge in [-0.3, -0.25) is 4.79 Å².